The average molecular weight is 414 g/mol. The van der Waals surface area contributed by atoms with Gasteiger partial charge in [-0.2, -0.15) is 0 Å². The van der Waals surface area contributed by atoms with Gasteiger partial charge in [-0.15, -0.1) is 0 Å². The number of hydrogen-bond donors (Lipinski definition) is 2. The molecule has 0 aliphatic heterocycles. The summed E-state index contributed by atoms with van der Waals surface area (Å²) in [4.78, 5) is 24.8. The maximum absolute atomic E-state index is 12.8. The number of para-hydroxylation sites is 1. The van der Waals surface area contributed by atoms with Crippen molar-refractivity contribution >= 4 is 38.3 Å². The van der Waals surface area contributed by atoms with E-state index in [9.17, 15) is 18.0 Å². The van der Waals surface area contributed by atoms with Crippen LogP contribution in [0.2, 0.25) is 0 Å². The summed E-state index contributed by atoms with van der Waals surface area (Å²) >= 11 is 0. The van der Waals surface area contributed by atoms with E-state index in [0.717, 1.165) is 6.26 Å². The van der Waals surface area contributed by atoms with E-state index in [1.165, 1.54) is 0 Å². The fourth-order valence-electron chi connectivity index (χ4n) is 2.93. The molecule has 0 spiro atoms. The lowest BCUT2D eigenvalue weighted by molar-refractivity contribution is 0.0942. The van der Waals surface area contributed by atoms with Crippen molar-refractivity contribution in [3.05, 3.63) is 65.4 Å². The molecule has 152 valence electrons. The first-order chi connectivity index (χ1) is 13.6. The van der Waals surface area contributed by atoms with Crippen LogP contribution in [0.3, 0.4) is 0 Å². The molecule has 0 saturated carbocycles. The third kappa shape index (κ3) is 5.03. The van der Waals surface area contributed by atoms with Crippen molar-refractivity contribution in [2.75, 3.05) is 11.6 Å². The summed E-state index contributed by atoms with van der Waals surface area (Å²) in [5.41, 5.74) is 1.70. The van der Waals surface area contributed by atoms with Gasteiger partial charge < -0.3 is 15.1 Å². The Morgan fingerprint density at radius 1 is 1.00 bits per heavy atom. The van der Waals surface area contributed by atoms with Crippen molar-refractivity contribution < 1.29 is 22.4 Å². The molecule has 29 heavy (non-hydrogen) atoms. The quantitative estimate of drug-likeness (QED) is 0.643. The minimum Gasteiger partial charge on any atom is -0.451 e. The average Bonchev–Trinajstić information content (AvgIpc) is 2.99. The molecule has 0 unspecified atom stereocenters. The number of benzene rings is 2. The summed E-state index contributed by atoms with van der Waals surface area (Å²) < 4.78 is 29.3. The topological polar surface area (TPSA) is 105 Å². The predicted octanol–water partition coefficient (Wildman–Crippen LogP) is 3.37. The van der Waals surface area contributed by atoms with Gasteiger partial charge in [-0.05, 0) is 44.2 Å². The zero-order chi connectivity index (χ0) is 21.2. The number of hydrogen-bond acceptors (Lipinski definition) is 5. The van der Waals surface area contributed by atoms with Crippen molar-refractivity contribution in [3.63, 3.8) is 0 Å². The third-order valence-electron chi connectivity index (χ3n) is 4.14. The standard InChI is InChI=1S/C21H22N2O5S/c1-13(2)22-20(24)14-8-10-15(11-9-14)23-21(25)19-17(12-29(3,26)27)16-6-4-5-7-18(16)28-19/h4-11,13H,12H2,1-3H3,(H,22,24)(H,23,25). The molecule has 3 aromatic rings. The molecular weight excluding hydrogens is 392 g/mol. The summed E-state index contributed by atoms with van der Waals surface area (Å²) in [5.74, 6) is -1.11. The molecule has 0 bridgehead atoms. The molecule has 0 fully saturated rings. The number of fused-ring (bicyclic) bond motifs is 1. The summed E-state index contributed by atoms with van der Waals surface area (Å²) in [7, 11) is -3.38. The Hall–Kier alpha value is -3.13. The highest BCUT2D eigenvalue weighted by Gasteiger charge is 2.23. The zero-order valence-electron chi connectivity index (χ0n) is 16.4. The number of carbonyl (C=O) groups excluding carboxylic acids is 2. The van der Waals surface area contributed by atoms with Crippen molar-refractivity contribution in [1.29, 1.82) is 0 Å². The van der Waals surface area contributed by atoms with Crippen LogP contribution in [0.25, 0.3) is 11.0 Å². The molecule has 8 heteroatoms. The second-order valence-electron chi connectivity index (χ2n) is 7.14. The van der Waals surface area contributed by atoms with Crippen molar-refractivity contribution in [1.82, 2.24) is 5.32 Å². The Morgan fingerprint density at radius 3 is 2.28 bits per heavy atom. The van der Waals surface area contributed by atoms with E-state index in [2.05, 4.69) is 10.6 Å². The van der Waals surface area contributed by atoms with Crippen LogP contribution in [0.5, 0.6) is 0 Å². The van der Waals surface area contributed by atoms with Crippen molar-refractivity contribution in [2.24, 2.45) is 0 Å². The van der Waals surface area contributed by atoms with E-state index in [4.69, 9.17) is 4.42 Å². The van der Waals surface area contributed by atoms with Crippen LogP contribution >= 0.6 is 0 Å². The zero-order valence-corrected chi connectivity index (χ0v) is 17.2. The molecule has 0 atom stereocenters. The van der Waals surface area contributed by atoms with E-state index >= 15 is 0 Å². The van der Waals surface area contributed by atoms with Gasteiger partial charge in [0.2, 0.25) is 0 Å². The monoisotopic (exact) mass is 414 g/mol. The van der Waals surface area contributed by atoms with Crippen LogP contribution in [-0.4, -0.2) is 32.5 Å². The number of nitrogens with one attached hydrogen (secondary N) is 2. The lowest BCUT2D eigenvalue weighted by atomic mass is 10.1. The Labute approximate surface area is 169 Å². The Bertz CT molecular complexity index is 1160. The highest BCUT2D eigenvalue weighted by molar-refractivity contribution is 7.89. The second kappa shape index (κ2) is 8.08. The third-order valence-corrected chi connectivity index (χ3v) is 4.95. The molecule has 2 N–H and O–H groups in total. The lowest BCUT2D eigenvalue weighted by Gasteiger charge is -2.09. The smallest absolute Gasteiger partial charge is 0.291 e. The van der Waals surface area contributed by atoms with Crippen molar-refractivity contribution in [3.8, 4) is 0 Å². The van der Waals surface area contributed by atoms with E-state index < -0.39 is 15.7 Å². The summed E-state index contributed by atoms with van der Waals surface area (Å²) in [6.45, 7) is 3.74. The lowest BCUT2D eigenvalue weighted by Crippen LogP contribution is -2.30. The second-order valence-corrected chi connectivity index (χ2v) is 9.28. The van der Waals surface area contributed by atoms with Gasteiger partial charge >= 0.3 is 0 Å². The van der Waals surface area contributed by atoms with Gasteiger partial charge in [-0.3, -0.25) is 9.59 Å². The molecule has 2 aromatic carbocycles. The molecule has 0 radical (unpaired) electrons. The van der Waals surface area contributed by atoms with Gasteiger partial charge in [0, 0.05) is 34.5 Å². The van der Waals surface area contributed by atoms with Gasteiger partial charge in [0.15, 0.2) is 15.6 Å². The number of rotatable bonds is 6. The molecule has 0 aliphatic carbocycles. The van der Waals surface area contributed by atoms with Crippen molar-refractivity contribution in [2.45, 2.75) is 25.6 Å². The molecule has 3 rings (SSSR count). The molecule has 2 amide bonds. The Morgan fingerprint density at radius 2 is 1.66 bits per heavy atom. The molecule has 1 aromatic heterocycles. The summed E-state index contributed by atoms with van der Waals surface area (Å²) in [5, 5.41) is 6.07. The fraction of sp³-hybridized carbons (Fsp3) is 0.238. The number of carbonyl (C=O) groups is 2. The molecule has 7 nitrogen and oxygen atoms in total. The van der Waals surface area contributed by atoms with Gasteiger partial charge in [-0.1, -0.05) is 18.2 Å². The Balaban J connectivity index is 1.86. The van der Waals surface area contributed by atoms with Crippen LogP contribution in [0, 0.1) is 0 Å². The highest BCUT2D eigenvalue weighted by Crippen LogP contribution is 2.28. The van der Waals surface area contributed by atoms with Gasteiger partial charge in [0.05, 0.1) is 5.75 Å². The molecule has 0 saturated heterocycles. The van der Waals surface area contributed by atoms with E-state index in [-0.39, 0.29) is 23.5 Å². The maximum Gasteiger partial charge on any atom is 0.291 e. The molecular formula is C21H22N2O5S. The van der Waals surface area contributed by atoms with Crippen LogP contribution in [0.4, 0.5) is 5.69 Å². The minimum atomic E-state index is -3.38. The number of amides is 2. The molecule has 1 heterocycles. The first-order valence-electron chi connectivity index (χ1n) is 9.04. The predicted molar refractivity (Wildman–Crippen MR) is 112 cm³/mol. The van der Waals surface area contributed by atoms with Crippen LogP contribution in [0.15, 0.2) is 52.9 Å². The van der Waals surface area contributed by atoms with Gasteiger partial charge in [0.25, 0.3) is 11.8 Å². The maximum atomic E-state index is 12.8. The van der Waals surface area contributed by atoms with Gasteiger partial charge in [0.1, 0.15) is 5.58 Å². The first kappa shape index (κ1) is 20.6. The highest BCUT2D eigenvalue weighted by atomic mass is 32.2. The van der Waals surface area contributed by atoms with E-state index in [1.54, 1.807) is 48.5 Å². The van der Waals surface area contributed by atoms with Gasteiger partial charge in [-0.25, -0.2) is 8.42 Å². The van der Waals surface area contributed by atoms with E-state index in [0.29, 0.717) is 27.8 Å². The minimum absolute atomic E-state index is 0.0169. The van der Waals surface area contributed by atoms with Crippen LogP contribution in [0.1, 0.15) is 40.3 Å². The van der Waals surface area contributed by atoms with Crippen LogP contribution in [-0.2, 0) is 15.6 Å². The van der Waals surface area contributed by atoms with E-state index in [1.807, 2.05) is 13.8 Å². The number of anilines is 1. The normalized spacial score (nSPS) is 11.6. The summed E-state index contributed by atoms with van der Waals surface area (Å²) in [6, 6.07) is 13.3. The largest absolute Gasteiger partial charge is 0.451 e. The SMILES string of the molecule is CC(C)NC(=O)c1ccc(NC(=O)c2oc3ccccc3c2CS(C)(=O)=O)cc1. The fourth-order valence-corrected chi connectivity index (χ4v) is 3.74. The number of sulfone groups is 1. The van der Waals surface area contributed by atoms with Crippen LogP contribution < -0.4 is 10.6 Å². The first-order valence-corrected chi connectivity index (χ1v) is 11.1. The Kier molecular flexibility index (Phi) is 5.74. The summed E-state index contributed by atoms with van der Waals surface area (Å²) in [6.07, 6.45) is 1.11. The number of furan rings is 1. The molecule has 0 aliphatic rings.